The van der Waals surface area contributed by atoms with E-state index in [1.165, 1.54) is 17.5 Å². The van der Waals surface area contributed by atoms with Crippen LogP contribution in [0.1, 0.15) is 90.0 Å². The molecule has 0 saturated heterocycles. The third-order valence-corrected chi connectivity index (χ3v) is 7.79. The average Bonchev–Trinajstić information content (AvgIpc) is 3.08. The first kappa shape index (κ1) is 45.4. The zero-order valence-electron chi connectivity index (χ0n) is 29.3. The second-order valence-electron chi connectivity index (χ2n) is 11.7. The van der Waals surface area contributed by atoms with Crippen LogP contribution in [0.2, 0.25) is 0 Å². The number of terminal acetylenes is 1. The number of rotatable bonds is 15. The molecule has 0 heterocycles. The second-order valence-corrected chi connectivity index (χ2v) is 11.7. The van der Waals surface area contributed by atoms with Crippen molar-refractivity contribution < 1.29 is 8.78 Å². The summed E-state index contributed by atoms with van der Waals surface area (Å²) in [5.41, 5.74) is 4.37. The summed E-state index contributed by atoms with van der Waals surface area (Å²) >= 11 is 0. The zero-order valence-corrected chi connectivity index (χ0v) is 29.3. The molecule has 0 saturated carbocycles. The summed E-state index contributed by atoms with van der Waals surface area (Å²) < 4.78 is 31.3. The lowest BCUT2D eigenvalue weighted by molar-refractivity contribution is -0.0201. The molecule has 4 unspecified atom stereocenters. The van der Waals surface area contributed by atoms with Crippen LogP contribution < -0.4 is 5.32 Å². The normalized spacial score (nSPS) is 12.7. The van der Waals surface area contributed by atoms with Crippen LogP contribution in [0.15, 0.2) is 116 Å². The molecule has 1 nitrogen and oxygen atoms in total. The molecule has 0 bridgehead atoms. The van der Waals surface area contributed by atoms with E-state index in [9.17, 15) is 0 Å². The van der Waals surface area contributed by atoms with Crippen molar-refractivity contribution in [3.63, 3.8) is 0 Å². The van der Waals surface area contributed by atoms with E-state index in [0.717, 1.165) is 30.4 Å². The molecule has 0 amide bonds. The van der Waals surface area contributed by atoms with E-state index in [1.54, 1.807) is 6.92 Å². The second kappa shape index (κ2) is 26.3. The Labute approximate surface area is 288 Å². The molecule has 0 fully saturated rings. The Morgan fingerprint density at radius 1 is 0.830 bits per heavy atom. The van der Waals surface area contributed by atoms with Crippen LogP contribution in [0, 0.1) is 31.6 Å². The van der Waals surface area contributed by atoms with E-state index in [4.69, 9.17) is 0 Å². The summed E-state index contributed by atoms with van der Waals surface area (Å²) in [6.45, 7) is 23.9. The van der Waals surface area contributed by atoms with Gasteiger partial charge in [0.1, 0.15) is 0 Å². The topological polar surface area (TPSA) is 12.0 Å². The first-order chi connectivity index (χ1) is 22.1. The lowest BCUT2D eigenvalue weighted by Gasteiger charge is -2.35. The third-order valence-electron chi connectivity index (χ3n) is 7.79. The molecular formula is C44H63F2N. The van der Waals surface area contributed by atoms with Crippen molar-refractivity contribution in [3.8, 4) is 12.8 Å². The lowest BCUT2D eigenvalue weighted by atomic mass is 9.84. The van der Waals surface area contributed by atoms with Gasteiger partial charge in [-0.25, -0.2) is 8.78 Å². The van der Waals surface area contributed by atoms with Gasteiger partial charge in [0, 0.05) is 23.6 Å². The van der Waals surface area contributed by atoms with Gasteiger partial charge in [-0.2, -0.15) is 0 Å². The maximum absolute atomic E-state index is 15.7. The summed E-state index contributed by atoms with van der Waals surface area (Å²) in [5, 5.41) is 3.52. The summed E-state index contributed by atoms with van der Waals surface area (Å²) in [7, 11) is 0. The van der Waals surface area contributed by atoms with Crippen molar-refractivity contribution in [1.82, 2.24) is 5.32 Å². The quantitative estimate of drug-likeness (QED) is 0.128. The van der Waals surface area contributed by atoms with Crippen molar-refractivity contribution in [2.75, 3.05) is 0 Å². The molecule has 0 radical (unpaired) electrons. The summed E-state index contributed by atoms with van der Waals surface area (Å²) in [4.78, 5) is 0. The highest BCUT2D eigenvalue weighted by atomic mass is 19.3. The Bertz CT molecular complexity index is 1230. The number of hydrogen-bond acceptors (Lipinski definition) is 1. The minimum atomic E-state index is -3.00. The standard InChI is InChI=1S/C29H39F2N.C9H10.C3H8.C2H2.CH4/c1-6-15-26(7-2)27(8-3)32-28(21-25-18-13-10-14-19-25)23(5)29(30,31)22(4)20-24-16-11-9-12-17-24;1-3-9-6-4-8(2)5-7-9;1-3-2;1-2;/h8-14,16-19,22,26-28,32H,3,5-7,15,20-21H2,1-2,4H3;3-7H,1H2,2H3;3H2,1-2H3;1-2H;1H4. The number of halogens is 2. The highest BCUT2D eigenvalue weighted by Crippen LogP contribution is 2.36. The van der Waals surface area contributed by atoms with Gasteiger partial charge in [-0.1, -0.05) is 177 Å². The SMILES string of the molecule is C.C#C.C=CC(NC(Cc1ccccc1)C(=C)C(F)(F)C(C)Cc1ccccc1)C(CC)CCC.C=Cc1ccc(C)cc1.CCC. The number of aryl methyl sites for hydroxylation is 1. The molecule has 258 valence electrons. The van der Waals surface area contributed by atoms with Gasteiger partial charge in [0.05, 0.1) is 0 Å². The maximum atomic E-state index is 15.7. The molecule has 0 aliphatic rings. The molecule has 3 aromatic rings. The first-order valence-corrected chi connectivity index (χ1v) is 16.6. The van der Waals surface area contributed by atoms with Gasteiger partial charge in [-0.3, -0.25) is 0 Å². The predicted octanol–water partition coefficient (Wildman–Crippen LogP) is 12.6. The highest BCUT2D eigenvalue weighted by Gasteiger charge is 2.43. The van der Waals surface area contributed by atoms with Crippen LogP contribution in [-0.2, 0) is 12.8 Å². The minimum absolute atomic E-state index is 0. The van der Waals surface area contributed by atoms with Gasteiger partial charge in [0.2, 0.25) is 0 Å². The van der Waals surface area contributed by atoms with E-state index >= 15 is 8.78 Å². The van der Waals surface area contributed by atoms with Gasteiger partial charge in [0.25, 0.3) is 5.92 Å². The molecule has 4 atom stereocenters. The van der Waals surface area contributed by atoms with Crippen molar-refractivity contribution in [3.05, 3.63) is 139 Å². The van der Waals surface area contributed by atoms with Gasteiger partial charge in [-0.05, 0) is 48.8 Å². The van der Waals surface area contributed by atoms with E-state index in [-0.39, 0.29) is 19.0 Å². The van der Waals surface area contributed by atoms with Crippen LogP contribution in [0.4, 0.5) is 8.78 Å². The molecule has 0 aliphatic carbocycles. The van der Waals surface area contributed by atoms with Gasteiger partial charge in [0.15, 0.2) is 0 Å². The number of benzene rings is 3. The molecule has 3 aromatic carbocycles. The maximum Gasteiger partial charge on any atom is 0.273 e. The largest absolute Gasteiger partial charge is 0.303 e. The van der Waals surface area contributed by atoms with Crippen LogP contribution >= 0.6 is 0 Å². The van der Waals surface area contributed by atoms with Crippen LogP contribution in [-0.4, -0.2) is 18.0 Å². The minimum Gasteiger partial charge on any atom is -0.303 e. The Morgan fingerprint density at radius 2 is 1.30 bits per heavy atom. The molecule has 3 heteroatoms. The van der Waals surface area contributed by atoms with Gasteiger partial charge in [-0.15, -0.1) is 19.4 Å². The third kappa shape index (κ3) is 17.1. The summed E-state index contributed by atoms with van der Waals surface area (Å²) in [5.74, 6) is -3.49. The van der Waals surface area contributed by atoms with E-state index in [2.05, 4.69) is 96.8 Å². The molecule has 3 rings (SSSR count). The predicted molar refractivity (Wildman–Crippen MR) is 207 cm³/mol. The van der Waals surface area contributed by atoms with E-state index in [1.807, 2.05) is 72.8 Å². The first-order valence-electron chi connectivity index (χ1n) is 16.6. The molecule has 0 aliphatic heterocycles. The lowest BCUT2D eigenvalue weighted by Crippen LogP contribution is -2.48. The molecule has 1 N–H and O–H groups in total. The van der Waals surface area contributed by atoms with Crippen LogP contribution in [0.5, 0.6) is 0 Å². The zero-order chi connectivity index (χ0) is 35.0. The number of hydrogen-bond donors (Lipinski definition) is 1. The summed E-state index contributed by atoms with van der Waals surface area (Å²) in [6.07, 6.45) is 16.8. The van der Waals surface area contributed by atoms with E-state index in [0.29, 0.717) is 18.8 Å². The monoisotopic (exact) mass is 643 g/mol. The number of nitrogens with one attached hydrogen (secondary N) is 1. The van der Waals surface area contributed by atoms with Gasteiger partial charge < -0.3 is 5.32 Å². The fraction of sp³-hybridized carbons (Fsp3) is 0.409. The van der Waals surface area contributed by atoms with Crippen molar-refractivity contribution in [2.24, 2.45) is 11.8 Å². The molecule has 47 heavy (non-hydrogen) atoms. The van der Waals surface area contributed by atoms with Crippen molar-refractivity contribution >= 4 is 6.08 Å². The smallest absolute Gasteiger partial charge is 0.273 e. The summed E-state index contributed by atoms with van der Waals surface area (Å²) in [6, 6.07) is 27.0. The van der Waals surface area contributed by atoms with Crippen molar-refractivity contribution in [1.29, 1.82) is 0 Å². The van der Waals surface area contributed by atoms with Crippen LogP contribution in [0.3, 0.4) is 0 Å². The Hall–Kier alpha value is -3.74. The van der Waals surface area contributed by atoms with Crippen LogP contribution in [0.25, 0.3) is 6.08 Å². The Morgan fingerprint density at radius 3 is 1.70 bits per heavy atom. The fourth-order valence-corrected chi connectivity index (χ4v) is 5.12. The van der Waals surface area contributed by atoms with Gasteiger partial charge >= 0.3 is 0 Å². The highest BCUT2D eigenvalue weighted by molar-refractivity contribution is 5.46. The molecular weight excluding hydrogens is 580 g/mol. The number of alkyl halides is 2. The molecule has 0 spiro atoms. The Kier molecular flexibility index (Phi) is 25.4. The average molecular weight is 644 g/mol. The fourth-order valence-electron chi connectivity index (χ4n) is 5.12. The Balaban J connectivity index is 0. The van der Waals surface area contributed by atoms with E-state index < -0.39 is 17.9 Å². The molecule has 0 aromatic heterocycles. The van der Waals surface area contributed by atoms with Crippen molar-refractivity contribution in [2.45, 2.75) is 106 Å².